The Labute approximate surface area is 318 Å². The van der Waals surface area contributed by atoms with Gasteiger partial charge in [-0.3, -0.25) is 9.59 Å². The third-order valence-electron chi connectivity index (χ3n) is 10.4. The Morgan fingerprint density at radius 1 is 0.415 bits per heavy atom. The van der Waals surface area contributed by atoms with Crippen molar-refractivity contribution >= 4 is 11.8 Å². The number of hydrogen-bond donors (Lipinski definition) is 12. The molecule has 12 N–H and O–H groups in total. The average Bonchev–Trinajstić information content (AvgIpc) is 3.17. The Kier molecular flexibility index (Phi) is 30.8. The fourth-order valence-electron chi connectivity index (χ4n) is 6.61. The van der Waals surface area contributed by atoms with Crippen LogP contribution in [0.1, 0.15) is 155 Å². The van der Waals surface area contributed by atoms with Gasteiger partial charge in [0.15, 0.2) is 0 Å². The van der Waals surface area contributed by atoms with Gasteiger partial charge in [-0.2, -0.15) is 0 Å². The molecule has 0 aliphatic rings. The molecule has 2 amide bonds. The summed E-state index contributed by atoms with van der Waals surface area (Å²) >= 11 is 0. The summed E-state index contributed by atoms with van der Waals surface area (Å²) < 4.78 is 0. The van der Waals surface area contributed by atoms with E-state index < -0.39 is 92.4 Å². The summed E-state index contributed by atoms with van der Waals surface area (Å²) in [5, 5.41) is 105. The molecule has 53 heavy (non-hydrogen) atoms. The molecule has 0 aliphatic heterocycles. The van der Waals surface area contributed by atoms with Crippen molar-refractivity contribution in [1.29, 1.82) is 0 Å². The zero-order valence-electron chi connectivity index (χ0n) is 32.8. The second-order valence-corrected chi connectivity index (χ2v) is 15.0. The smallest absolute Gasteiger partial charge is 0.235 e. The van der Waals surface area contributed by atoms with Crippen LogP contribution in [0.3, 0.4) is 0 Å². The van der Waals surface area contributed by atoms with Crippen molar-refractivity contribution in [3.05, 3.63) is 0 Å². The van der Waals surface area contributed by atoms with Gasteiger partial charge in [0.1, 0.15) is 42.0 Å². The first-order chi connectivity index (χ1) is 25.3. The molecule has 0 aromatic carbocycles. The van der Waals surface area contributed by atoms with Crippen LogP contribution in [0, 0.1) is 5.41 Å². The second kappa shape index (κ2) is 31.7. The molecule has 0 unspecified atom stereocenters. The Balaban J connectivity index is 5.93. The minimum absolute atomic E-state index is 0.133. The molecule has 14 heteroatoms. The van der Waals surface area contributed by atoms with Crippen molar-refractivity contribution in [3.8, 4) is 0 Å². The fourth-order valence-corrected chi connectivity index (χ4v) is 6.61. The van der Waals surface area contributed by atoms with Gasteiger partial charge in [0.05, 0.1) is 25.4 Å². The number of aliphatic hydroxyl groups is 10. The van der Waals surface area contributed by atoms with Crippen molar-refractivity contribution < 1.29 is 60.7 Å². The lowest BCUT2D eigenvalue weighted by atomic mass is 9.75. The van der Waals surface area contributed by atoms with Gasteiger partial charge < -0.3 is 61.7 Å². The van der Waals surface area contributed by atoms with E-state index in [1.54, 1.807) is 0 Å². The highest BCUT2D eigenvalue weighted by atomic mass is 16.4. The number of aliphatic hydroxyl groups excluding tert-OH is 10. The Hall–Kier alpha value is -1.46. The Morgan fingerprint density at radius 2 is 0.660 bits per heavy atom. The predicted molar refractivity (Wildman–Crippen MR) is 204 cm³/mol. The molecule has 0 bridgehead atoms. The first-order valence-electron chi connectivity index (χ1n) is 20.6. The van der Waals surface area contributed by atoms with Crippen LogP contribution in [0.15, 0.2) is 0 Å². The molecular formula is C39H78N2O12. The van der Waals surface area contributed by atoms with Crippen LogP contribution in [0.25, 0.3) is 0 Å². The van der Waals surface area contributed by atoms with Gasteiger partial charge in [0.2, 0.25) is 11.8 Å². The predicted octanol–water partition coefficient (Wildman–Crippen LogP) is 1.70. The normalized spacial score (nSPS) is 16.7. The van der Waals surface area contributed by atoms with E-state index in [9.17, 15) is 50.4 Å². The summed E-state index contributed by atoms with van der Waals surface area (Å²) in [6.45, 7) is 1.47. The summed E-state index contributed by atoms with van der Waals surface area (Å²) in [6.07, 6.45) is 6.30. The first kappa shape index (κ1) is 51.5. The molecule has 0 fully saturated rings. The molecule has 0 rings (SSSR count). The molecule has 0 aromatic rings. The summed E-state index contributed by atoms with van der Waals surface area (Å²) in [5.74, 6) is -1.48. The summed E-state index contributed by atoms with van der Waals surface area (Å²) in [5.41, 5.74) is -1.68. The fraction of sp³-hybridized carbons (Fsp3) is 0.949. The lowest BCUT2D eigenvalue weighted by Gasteiger charge is -2.33. The zero-order chi connectivity index (χ0) is 40.1. The van der Waals surface area contributed by atoms with Gasteiger partial charge in [-0.25, -0.2) is 0 Å². The Bertz CT molecular complexity index is 831. The topological polar surface area (TPSA) is 260 Å². The summed E-state index contributed by atoms with van der Waals surface area (Å²) in [6, 6.07) is 0. The largest absolute Gasteiger partial charge is 0.394 e. The van der Waals surface area contributed by atoms with E-state index in [2.05, 4.69) is 24.5 Å². The van der Waals surface area contributed by atoms with Crippen molar-refractivity contribution in [2.75, 3.05) is 26.3 Å². The molecule has 14 nitrogen and oxygen atoms in total. The van der Waals surface area contributed by atoms with Gasteiger partial charge >= 0.3 is 0 Å². The first-order valence-corrected chi connectivity index (χ1v) is 20.6. The van der Waals surface area contributed by atoms with Crippen LogP contribution >= 0.6 is 0 Å². The molecule has 0 spiro atoms. The number of rotatable bonds is 36. The monoisotopic (exact) mass is 767 g/mol. The van der Waals surface area contributed by atoms with Crippen LogP contribution in [-0.4, -0.2) is 138 Å². The van der Waals surface area contributed by atoms with E-state index in [0.717, 1.165) is 64.2 Å². The summed E-state index contributed by atoms with van der Waals surface area (Å²) in [7, 11) is 0. The average molecular weight is 767 g/mol. The Morgan fingerprint density at radius 3 is 0.925 bits per heavy atom. The lowest BCUT2D eigenvalue weighted by molar-refractivity contribution is -0.147. The zero-order valence-corrected chi connectivity index (χ0v) is 32.8. The minimum atomic E-state index is -1.91. The number of unbranched alkanes of at least 4 members (excludes halogenated alkanes) is 18. The van der Waals surface area contributed by atoms with E-state index in [1.807, 2.05) is 0 Å². The van der Waals surface area contributed by atoms with Gasteiger partial charge in [-0.1, -0.05) is 142 Å². The molecule has 0 aromatic heterocycles. The molecule has 0 radical (unpaired) electrons. The van der Waals surface area contributed by atoms with Gasteiger partial charge in [-0.05, 0) is 12.8 Å². The highest BCUT2D eigenvalue weighted by molar-refractivity contribution is 6.05. The third kappa shape index (κ3) is 21.4. The van der Waals surface area contributed by atoms with Crippen LogP contribution in [-0.2, 0) is 9.59 Å². The van der Waals surface area contributed by atoms with Crippen molar-refractivity contribution in [2.45, 2.75) is 204 Å². The quantitative estimate of drug-likeness (QED) is 0.0321. The van der Waals surface area contributed by atoms with Crippen molar-refractivity contribution in [3.63, 3.8) is 0 Å². The number of hydrogen-bond acceptors (Lipinski definition) is 12. The number of amides is 2. The second-order valence-electron chi connectivity index (χ2n) is 15.0. The highest BCUT2D eigenvalue weighted by Crippen LogP contribution is 2.34. The number of carbonyl (C=O) groups is 2. The van der Waals surface area contributed by atoms with E-state index >= 15 is 0 Å². The molecule has 8 atom stereocenters. The van der Waals surface area contributed by atoms with Crippen LogP contribution in [0.2, 0.25) is 0 Å². The molecule has 0 heterocycles. The van der Waals surface area contributed by atoms with E-state index in [4.69, 9.17) is 10.2 Å². The third-order valence-corrected chi connectivity index (χ3v) is 10.4. The summed E-state index contributed by atoms with van der Waals surface area (Å²) in [4.78, 5) is 28.1. The minimum Gasteiger partial charge on any atom is -0.394 e. The lowest BCUT2D eigenvalue weighted by Crippen LogP contribution is -2.56. The van der Waals surface area contributed by atoms with Gasteiger partial charge in [0.25, 0.3) is 0 Å². The molecule has 316 valence electrons. The molecule has 0 saturated heterocycles. The molecule has 0 aliphatic carbocycles. The van der Waals surface area contributed by atoms with Crippen LogP contribution in [0.5, 0.6) is 0 Å². The van der Waals surface area contributed by atoms with Crippen molar-refractivity contribution in [1.82, 2.24) is 10.6 Å². The number of carbonyl (C=O) groups excluding carboxylic acids is 2. The molecule has 0 saturated carbocycles. The van der Waals surface area contributed by atoms with Crippen LogP contribution in [0.4, 0.5) is 0 Å². The van der Waals surface area contributed by atoms with E-state index in [0.29, 0.717) is 12.8 Å². The maximum absolute atomic E-state index is 14.1. The van der Waals surface area contributed by atoms with Gasteiger partial charge in [-0.15, -0.1) is 0 Å². The number of nitrogens with one attached hydrogen (secondary N) is 2. The molecular weight excluding hydrogens is 688 g/mol. The maximum Gasteiger partial charge on any atom is 0.235 e. The van der Waals surface area contributed by atoms with E-state index in [1.165, 1.54) is 51.4 Å². The van der Waals surface area contributed by atoms with E-state index in [-0.39, 0.29) is 12.8 Å². The standard InChI is InChI=1S/C39H78N2O12/c1-3-5-7-9-11-13-15-17-19-21-23-39(24-22-20-18-16-14-12-10-8-6-4-2,37(52)40-25-29(44)33(48)35(50)31(46)27-42)38(53)41-26-30(45)34(49)36(51)32(47)28-43/h29-36,42-51H,3-28H2,1-2H3,(H,40,52)(H,41,53)/t29-,30-,31-,32-,33+,34+,35+,36+/m0/s1. The highest BCUT2D eigenvalue weighted by Gasteiger charge is 2.45. The van der Waals surface area contributed by atoms with Gasteiger partial charge in [0, 0.05) is 13.1 Å². The van der Waals surface area contributed by atoms with Crippen molar-refractivity contribution in [2.24, 2.45) is 5.41 Å². The SMILES string of the molecule is CCCCCCCCCCCCC(CCCCCCCCCCCC)(C(=O)NC[C@H](O)[C@@H](O)[C@H](O)[C@@H](O)CO)C(=O)NC[C@H](O)[C@@H](O)[C@H](O)[C@@H](O)CO. The maximum atomic E-state index is 14.1. The van der Waals surface area contributed by atoms with Crippen LogP contribution < -0.4 is 10.6 Å².